The predicted molar refractivity (Wildman–Crippen MR) is 54.5 cm³/mol. The van der Waals surface area contributed by atoms with Crippen LogP contribution in [0.25, 0.3) is 10.2 Å². The van der Waals surface area contributed by atoms with Gasteiger partial charge >= 0.3 is 0 Å². The molecule has 0 aliphatic rings. The molecule has 0 unspecified atom stereocenters. The number of nitrogens with zero attached hydrogens (tertiary/aromatic N) is 1. The zero-order chi connectivity index (χ0) is 8.97. The Kier molecular flexibility index (Phi) is 6.74. The molecule has 0 saturated carbocycles. The average Bonchev–Trinajstić information content (AvgIpc) is 2.54. The number of hydrogen-bond acceptors (Lipinski definition) is 2. The second-order valence-corrected chi connectivity index (χ2v) is 3.10. The van der Waals surface area contributed by atoms with Gasteiger partial charge in [0, 0.05) is 32.7 Å². The van der Waals surface area contributed by atoms with Crippen LogP contribution < -0.4 is 0 Å². The first-order valence-electron chi connectivity index (χ1n) is 4.09. The van der Waals surface area contributed by atoms with Crippen molar-refractivity contribution in [2.24, 2.45) is 0 Å². The first-order chi connectivity index (χ1) is 5.86. The van der Waals surface area contributed by atoms with Gasteiger partial charge in [0.25, 0.3) is 0 Å². The van der Waals surface area contributed by atoms with Crippen LogP contribution in [0.5, 0.6) is 0 Å². The zero-order valence-electron chi connectivity index (χ0n) is 8.16. The van der Waals surface area contributed by atoms with Crippen LogP contribution in [0.3, 0.4) is 0 Å². The standard InChI is InChI=1S/C8H6NS.C2H6.Y/c1-6-2-3-7-8(4-6)10-5-9-7;1-2;/h2-4H,1H3;1-2H3;/q-1;;. The molecule has 0 spiro atoms. The summed E-state index contributed by atoms with van der Waals surface area (Å²) in [6.45, 7) is 6.08. The summed E-state index contributed by atoms with van der Waals surface area (Å²) in [5.74, 6) is 0. The Morgan fingerprint density at radius 2 is 2.00 bits per heavy atom. The molecular weight excluding hydrogens is 255 g/mol. The van der Waals surface area contributed by atoms with Gasteiger partial charge in [0.05, 0.1) is 0 Å². The summed E-state index contributed by atoms with van der Waals surface area (Å²) < 4.78 is 1.22. The van der Waals surface area contributed by atoms with Gasteiger partial charge in [-0.3, -0.25) is 11.3 Å². The summed E-state index contributed by atoms with van der Waals surface area (Å²) >= 11 is 1.57. The average molecular weight is 267 g/mol. The first-order valence-corrected chi connectivity index (χ1v) is 4.91. The largest absolute Gasteiger partial charge is 0.386 e. The molecule has 0 amide bonds. The van der Waals surface area contributed by atoms with Crippen molar-refractivity contribution in [3.8, 4) is 0 Å². The summed E-state index contributed by atoms with van der Waals surface area (Å²) in [5.41, 5.74) is 5.19. The maximum Gasteiger partial charge on any atom is 0 e. The maximum atomic E-state index is 4.05. The number of aryl methyl sites for hydroxylation is 1. The molecule has 0 bridgehead atoms. The predicted octanol–water partition coefficient (Wildman–Crippen LogP) is 3.43. The van der Waals surface area contributed by atoms with Gasteiger partial charge in [-0.25, -0.2) is 0 Å². The summed E-state index contributed by atoms with van der Waals surface area (Å²) in [4.78, 5) is 4.05. The Morgan fingerprint density at radius 3 is 2.69 bits per heavy atom. The fourth-order valence-electron chi connectivity index (χ4n) is 0.917. The van der Waals surface area contributed by atoms with Gasteiger partial charge in [-0.1, -0.05) is 35.7 Å². The molecule has 0 aliphatic carbocycles. The van der Waals surface area contributed by atoms with Gasteiger partial charge < -0.3 is 4.98 Å². The Morgan fingerprint density at radius 1 is 1.31 bits per heavy atom. The molecule has 67 valence electrons. The third-order valence-electron chi connectivity index (χ3n) is 1.44. The molecule has 0 atom stereocenters. The third-order valence-corrected chi connectivity index (χ3v) is 2.17. The van der Waals surface area contributed by atoms with E-state index in [9.17, 15) is 0 Å². The van der Waals surface area contributed by atoms with E-state index in [0.717, 1.165) is 5.52 Å². The molecule has 1 nitrogen and oxygen atoms in total. The van der Waals surface area contributed by atoms with Crippen LogP contribution in [-0.2, 0) is 32.7 Å². The molecule has 1 aromatic carbocycles. The number of rotatable bonds is 0. The van der Waals surface area contributed by atoms with Crippen molar-refractivity contribution < 1.29 is 32.7 Å². The van der Waals surface area contributed by atoms with Crippen molar-refractivity contribution in [2.75, 3.05) is 0 Å². The monoisotopic (exact) mass is 267 g/mol. The normalized spacial score (nSPS) is 8.54. The van der Waals surface area contributed by atoms with E-state index in [1.165, 1.54) is 10.3 Å². The van der Waals surface area contributed by atoms with Crippen LogP contribution in [0.1, 0.15) is 19.4 Å². The summed E-state index contributed by atoms with van der Waals surface area (Å²) in [5, 5.41) is 0. The molecule has 0 fully saturated rings. The molecule has 13 heavy (non-hydrogen) atoms. The molecule has 3 heteroatoms. The van der Waals surface area contributed by atoms with E-state index in [1.54, 1.807) is 11.3 Å². The quantitative estimate of drug-likeness (QED) is 0.666. The molecule has 0 N–H and O–H groups in total. The van der Waals surface area contributed by atoms with E-state index in [2.05, 4.69) is 29.6 Å². The second-order valence-electron chi connectivity index (χ2n) is 2.28. The number of benzene rings is 1. The molecule has 1 heterocycles. The van der Waals surface area contributed by atoms with Crippen LogP contribution in [0.4, 0.5) is 0 Å². The third kappa shape index (κ3) is 3.45. The van der Waals surface area contributed by atoms with Crippen molar-refractivity contribution in [3.63, 3.8) is 0 Å². The van der Waals surface area contributed by atoms with E-state index in [4.69, 9.17) is 0 Å². The van der Waals surface area contributed by atoms with Crippen molar-refractivity contribution in [1.82, 2.24) is 4.98 Å². The minimum atomic E-state index is 0. The fourth-order valence-corrected chi connectivity index (χ4v) is 1.62. The van der Waals surface area contributed by atoms with E-state index in [0.29, 0.717) is 0 Å². The van der Waals surface area contributed by atoms with Gasteiger partial charge in [-0.05, 0) is 12.4 Å². The molecular formula is C10H12NSY-. The molecule has 0 aliphatic heterocycles. The van der Waals surface area contributed by atoms with Crippen LogP contribution in [-0.4, -0.2) is 4.98 Å². The van der Waals surface area contributed by atoms with E-state index in [1.807, 2.05) is 19.9 Å². The van der Waals surface area contributed by atoms with Crippen LogP contribution in [0, 0.1) is 12.4 Å². The summed E-state index contributed by atoms with van der Waals surface area (Å²) in [7, 11) is 0. The fraction of sp³-hybridized carbons (Fsp3) is 0.300. The Balaban J connectivity index is 0.000000451. The maximum absolute atomic E-state index is 4.05. The van der Waals surface area contributed by atoms with E-state index in [-0.39, 0.29) is 32.7 Å². The van der Waals surface area contributed by atoms with Gasteiger partial charge in [0.15, 0.2) is 0 Å². The second kappa shape index (κ2) is 6.64. The molecule has 2 aromatic rings. The van der Waals surface area contributed by atoms with E-state index >= 15 is 0 Å². The van der Waals surface area contributed by atoms with Crippen LogP contribution >= 0.6 is 11.3 Å². The topological polar surface area (TPSA) is 12.9 Å². The zero-order valence-corrected chi connectivity index (χ0v) is 11.8. The first kappa shape index (κ1) is 13.2. The van der Waals surface area contributed by atoms with Crippen molar-refractivity contribution >= 4 is 21.6 Å². The molecule has 0 saturated heterocycles. The Hall–Kier alpha value is 0.214. The van der Waals surface area contributed by atoms with Gasteiger partial charge in [-0.2, -0.15) is 0 Å². The van der Waals surface area contributed by atoms with E-state index < -0.39 is 0 Å². The van der Waals surface area contributed by atoms with Crippen LogP contribution in [0.15, 0.2) is 18.2 Å². The molecule has 1 radical (unpaired) electrons. The van der Waals surface area contributed by atoms with Gasteiger partial charge in [0.1, 0.15) is 0 Å². The summed E-state index contributed by atoms with van der Waals surface area (Å²) in [6, 6.07) is 6.22. The van der Waals surface area contributed by atoms with Crippen molar-refractivity contribution in [3.05, 3.63) is 29.3 Å². The smallest absolute Gasteiger partial charge is 0 e. The molecule has 2 rings (SSSR count). The van der Waals surface area contributed by atoms with Crippen molar-refractivity contribution in [1.29, 1.82) is 0 Å². The number of aromatic nitrogens is 1. The Labute approximate surface area is 108 Å². The number of thiazole rings is 1. The minimum absolute atomic E-state index is 0. The minimum Gasteiger partial charge on any atom is -0.386 e. The summed E-state index contributed by atoms with van der Waals surface area (Å²) in [6.07, 6.45) is 0. The van der Waals surface area contributed by atoms with Crippen LogP contribution in [0.2, 0.25) is 0 Å². The van der Waals surface area contributed by atoms with Gasteiger partial charge in [0.2, 0.25) is 0 Å². The number of fused-ring (bicyclic) bond motifs is 1. The Bertz CT molecular complexity index is 356. The molecule has 1 aromatic heterocycles. The van der Waals surface area contributed by atoms with Crippen molar-refractivity contribution in [2.45, 2.75) is 20.8 Å². The number of hydrogen-bond donors (Lipinski definition) is 0. The van der Waals surface area contributed by atoms with Gasteiger partial charge in [-0.15, -0.1) is 12.1 Å². The SMILES string of the molecule is CC.Cc1ccc2n[c-]sc2c1.[Y].